The van der Waals surface area contributed by atoms with Gasteiger partial charge < -0.3 is 9.32 Å². The van der Waals surface area contributed by atoms with Gasteiger partial charge in [0.15, 0.2) is 5.17 Å². The van der Waals surface area contributed by atoms with E-state index in [-0.39, 0.29) is 0 Å². The first-order valence-electron chi connectivity index (χ1n) is 7.37. The summed E-state index contributed by atoms with van der Waals surface area (Å²) < 4.78 is 5.78. The zero-order valence-electron chi connectivity index (χ0n) is 12.5. The molecule has 1 aromatic heterocycles. The standard InChI is InChI=1S/C17H18N2OS/c1-10(2)16-14(19-6-5-18-17(19)21-16)13-9-11(3)8-12-4-7-20-15(12)13/h4,7-10H,5-6H2,1-3H3. The summed E-state index contributed by atoms with van der Waals surface area (Å²) in [6.07, 6.45) is 1.78. The molecule has 0 amide bonds. The van der Waals surface area contributed by atoms with Gasteiger partial charge in [-0.25, -0.2) is 0 Å². The molecule has 3 nitrogen and oxygen atoms in total. The van der Waals surface area contributed by atoms with Crippen molar-refractivity contribution in [2.75, 3.05) is 13.1 Å². The summed E-state index contributed by atoms with van der Waals surface area (Å²) in [6, 6.07) is 6.47. The van der Waals surface area contributed by atoms with Gasteiger partial charge in [-0.2, -0.15) is 0 Å². The molecule has 108 valence electrons. The molecule has 3 heterocycles. The first-order valence-corrected chi connectivity index (χ1v) is 8.19. The highest BCUT2D eigenvalue weighted by molar-refractivity contribution is 8.17. The van der Waals surface area contributed by atoms with Crippen molar-refractivity contribution >= 4 is 33.6 Å². The van der Waals surface area contributed by atoms with Crippen LogP contribution in [0.25, 0.3) is 16.7 Å². The van der Waals surface area contributed by atoms with Gasteiger partial charge in [-0.3, -0.25) is 4.99 Å². The second kappa shape index (κ2) is 4.67. The summed E-state index contributed by atoms with van der Waals surface area (Å²) in [6.45, 7) is 8.52. The van der Waals surface area contributed by atoms with E-state index in [4.69, 9.17) is 4.42 Å². The SMILES string of the molecule is Cc1cc(C2=C(C(C)C)SC3=NCCN32)c2occc2c1. The van der Waals surface area contributed by atoms with Crippen LogP contribution in [-0.2, 0) is 0 Å². The molecular weight excluding hydrogens is 280 g/mol. The van der Waals surface area contributed by atoms with E-state index in [2.05, 4.69) is 42.8 Å². The van der Waals surface area contributed by atoms with Crippen LogP contribution in [0.1, 0.15) is 25.0 Å². The predicted octanol–water partition coefficient (Wildman–Crippen LogP) is 4.48. The Bertz CT molecular complexity index is 785. The number of furan rings is 1. The van der Waals surface area contributed by atoms with Crippen LogP contribution in [0.4, 0.5) is 0 Å². The Balaban J connectivity index is 1.99. The molecule has 0 spiro atoms. The van der Waals surface area contributed by atoms with Gasteiger partial charge in [-0.05, 0) is 36.6 Å². The van der Waals surface area contributed by atoms with Crippen molar-refractivity contribution in [1.29, 1.82) is 0 Å². The first-order chi connectivity index (χ1) is 10.1. The summed E-state index contributed by atoms with van der Waals surface area (Å²) in [5.74, 6) is 0.490. The van der Waals surface area contributed by atoms with Crippen molar-refractivity contribution in [3.05, 3.63) is 40.5 Å². The Kier molecular flexibility index (Phi) is 2.89. The van der Waals surface area contributed by atoms with Crippen molar-refractivity contribution in [1.82, 2.24) is 4.90 Å². The highest BCUT2D eigenvalue weighted by Crippen LogP contribution is 2.46. The molecule has 0 atom stereocenters. The van der Waals surface area contributed by atoms with Crippen LogP contribution in [-0.4, -0.2) is 23.2 Å². The third-order valence-corrected chi connectivity index (χ3v) is 5.40. The summed E-state index contributed by atoms with van der Waals surface area (Å²) in [7, 11) is 0. The molecule has 0 radical (unpaired) electrons. The fourth-order valence-electron chi connectivity index (χ4n) is 3.08. The van der Waals surface area contributed by atoms with E-state index in [0.717, 1.165) is 23.8 Å². The second-order valence-corrected chi connectivity index (χ2v) is 6.95. The molecule has 1 aromatic carbocycles. The zero-order chi connectivity index (χ0) is 14.6. The van der Waals surface area contributed by atoms with Crippen molar-refractivity contribution < 1.29 is 4.42 Å². The number of allylic oxidation sites excluding steroid dienone is 1. The summed E-state index contributed by atoms with van der Waals surface area (Å²) in [5.41, 5.74) is 4.76. The Morgan fingerprint density at radius 1 is 1.33 bits per heavy atom. The minimum absolute atomic E-state index is 0.490. The number of amidine groups is 1. The molecule has 0 unspecified atom stereocenters. The highest BCUT2D eigenvalue weighted by Gasteiger charge is 2.35. The minimum atomic E-state index is 0.490. The van der Waals surface area contributed by atoms with E-state index in [0.29, 0.717) is 5.92 Å². The zero-order valence-corrected chi connectivity index (χ0v) is 13.3. The summed E-state index contributed by atoms with van der Waals surface area (Å²) in [4.78, 5) is 8.39. The lowest BCUT2D eigenvalue weighted by atomic mass is 10.0. The smallest absolute Gasteiger partial charge is 0.168 e. The molecular formula is C17H18N2OS. The number of thioether (sulfide) groups is 1. The number of hydrogen-bond acceptors (Lipinski definition) is 4. The number of nitrogens with zero attached hydrogens (tertiary/aromatic N) is 2. The number of hydrogen-bond donors (Lipinski definition) is 0. The van der Waals surface area contributed by atoms with Gasteiger partial charge >= 0.3 is 0 Å². The molecule has 0 saturated carbocycles. The summed E-state index contributed by atoms with van der Waals surface area (Å²) >= 11 is 1.82. The average molecular weight is 298 g/mol. The fraction of sp³-hybridized carbons (Fsp3) is 0.353. The molecule has 0 bridgehead atoms. The lowest BCUT2D eigenvalue weighted by Crippen LogP contribution is -2.20. The number of rotatable bonds is 2. The lowest BCUT2D eigenvalue weighted by molar-refractivity contribution is 0.606. The van der Waals surface area contributed by atoms with Gasteiger partial charge in [0.1, 0.15) is 5.58 Å². The van der Waals surface area contributed by atoms with E-state index in [1.54, 1.807) is 6.26 Å². The Labute approximate surface area is 128 Å². The molecule has 2 aromatic rings. The first kappa shape index (κ1) is 13.0. The maximum Gasteiger partial charge on any atom is 0.168 e. The molecule has 2 aliphatic heterocycles. The van der Waals surface area contributed by atoms with Crippen LogP contribution in [0.5, 0.6) is 0 Å². The largest absolute Gasteiger partial charge is 0.464 e. The van der Waals surface area contributed by atoms with Gasteiger partial charge in [0.2, 0.25) is 0 Å². The van der Waals surface area contributed by atoms with Gasteiger partial charge in [-0.15, -0.1) is 0 Å². The molecule has 0 fully saturated rings. The Hall–Kier alpha value is -1.68. The molecule has 2 aliphatic rings. The normalized spacial score (nSPS) is 18.1. The maximum atomic E-state index is 5.78. The van der Waals surface area contributed by atoms with E-state index in [1.165, 1.54) is 27.1 Å². The molecule has 4 heteroatoms. The third kappa shape index (κ3) is 1.93. The monoisotopic (exact) mass is 298 g/mol. The molecule has 0 aliphatic carbocycles. The second-order valence-electron chi connectivity index (χ2n) is 5.94. The van der Waals surface area contributed by atoms with Crippen molar-refractivity contribution in [2.24, 2.45) is 10.9 Å². The van der Waals surface area contributed by atoms with Crippen LogP contribution < -0.4 is 0 Å². The van der Waals surface area contributed by atoms with Crippen LogP contribution in [0.2, 0.25) is 0 Å². The van der Waals surface area contributed by atoms with E-state index >= 15 is 0 Å². The molecule has 4 rings (SSSR count). The van der Waals surface area contributed by atoms with Crippen LogP contribution in [0.15, 0.2) is 38.8 Å². The maximum absolute atomic E-state index is 5.78. The van der Waals surface area contributed by atoms with Gasteiger partial charge in [0.05, 0.1) is 18.5 Å². The molecule has 0 N–H and O–H groups in total. The van der Waals surface area contributed by atoms with Crippen molar-refractivity contribution in [2.45, 2.75) is 20.8 Å². The number of aryl methyl sites for hydroxylation is 1. The number of benzene rings is 1. The van der Waals surface area contributed by atoms with Gasteiger partial charge in [0, 0.05) is 22.4 Å². The van der Waals surface area contributed by atoms with Gasteiger partial charge in [-0.1, -0.05) is 25.6 Å². The minimum Gasteiger partial charge on any atom is -0.464 e. The van der Waals surface area contributed by atoms with Crippen molar-refractivity contribution in [3.8, 4) is 0 Å². The predicted molar refractivity (Wildman–Crippen MR) is 89.3 cm³/mol. The van der Waals surface area contributed by atoms with Crippen LogP contribution >= 0.6 is 11.8 Å². The van der Waals surface area contributed by atoms with Gasteiger partial charge in [0.25, 0.3) is 0 Å². The Morgan fingerprint density at radius 2 is 2.19 bits per heavy atom. The number of fused-ring (bicyclic) bond motifs is 2. The lowest BCUT2D eigenvalue weighted by Gasteiger charge is -2.19. The molecule has 0 saturated heterocycles. The third-order valence-electron chi connectivity index (χ3n) is 3.98. The average Bonchev–Trinajstić information content (AvgIpc) is 3.11. The highest BCUT2D eigenvalue weighted by atomic mass is 32.2. The summed E-state index contributed by atoms with van der Waals surface area (Å²) in [5, 5.41) is 2.32. The van der Waals surface area contributed by atoms with Crippen molar-refractivity contribution in [3.63, 3.8) is 0 Å². The quantitative estimate of drug-likeness (QED) is 0.818. The molecule has 21 heavy (non-hydrogen) atoms. The topological polar surface area (TPSA) is 28.7 Å². The van der Waals surface area contributed by atoms with E-state index in [9.17, 15) is 0 Å². The number of aliphatic imine (C=N–C) groups is 1. The van der Waals surface area contributed by atoms with Crippen LogP contribution in [0.3, 0.4) is 0 Å². The van der Waals surface area contributed by atoms with E-state index < -0.39 is 0 Å². The Morgan fingerprint density at radius 3 is 3.00 bits per heavy atom. The van der Waals surface area contributed by atoms with Crippen LogP contribution in [0, 0.1) is 12.8 Å². The van der Waals surface area contributed by atoms with E-state index in [1.807, 2.05) is 17.8 Å². The fourth-order valence-corrected chi connectivity index (χ4v) is 4.28.